The highest BCUT2D eigenvalue weighted by molar-refractivity contribution is 6.44. The maximum absolute atomic E-state index is 12.4. The van der Waals surface area contributed by atoms with Gasteiger partial charge in [-0.1, -0.05) is 29.3 Å². The number of carbonyl (C=O) groups excluding carboxylic acids is 1. The molecule has 2 rings (SSSR count). The first-order valence-corrected chi connectivity index (χ1v) is 6.56. The lowest BCUT2D eigenvalue weighted by atomic mass is 10.1. The molecule has 0 aliphatic carbocycles. The number of hydrogen-bond donors (Lipinski definition) is 0. The number of hydrogen-bond acceptors (Lipinski definition) is 3. The molecule has 0 aromatic heterocycles. The molecule has 0 fully saturated rings. The van der Waals surface area contributed by atoms with Crippen LogP contribution in [0, 0.1) is 11.3 Å². The van der Waals surface area contributed by atoms with Crippen molar-refractivity contribution in [3.63, 3.8) is 0 Å². The van der Waals surface area contributed by atoms with E-state index >= 15 is 0 Å². The van der Waals surface area contributed by atoms with Crippen LogP contribution in [0.25, 0.3) is 0 Å². The van der Waals surface area contributed by atoms with Crippen molar-refractivity contribution in [2.45, 2.75) is 6.04 Å². The summed E-state index contributed by atoms with van der Waals surface area (Å²) in [6.07, 6.45) is 0. The van der Waals surface area contributed by atoms with Crippen molar-refractivity contribution in [1.82, 2.24) is 9.80 Å². The average molecular weight is 298 g/mol. The molecule has 0 N–H and O–H groups in total. The number of fused-ring (bicyclic) bond motifs is 1. The molecule has 19 heavy (non-hydrogen) atoms. The maximum atomic E-state index is 12.4. The van der Waals surface area contributed by atoms with Gasteiger partial charge in [0.2, 0.25) is 0 Å². The van der Waals surface area contributed by atoms with Crippen molar-refractivity contribution >= 4 is 29.1 Å². The van der Waals surface area contributed by atoms with E-state index in [0.717, 1.165) is 0 Å². The predicted molar refractivity (Wildman–Crippen MR) is 74.4 cm³/mol. The van der Waals surface area contributed by atoms with E-state index < -0.39 is 6.04 Å². The van der Waals surface area contributed by atoms with E-state index in [0.29, 0.717) is 29.2 Å². The van der Waals surface area contributed by atoms with E-state index in [9.17, 15) is 10.1 Å². The minimum absolute atomic E-state index is 0.226. The van der Waals surface area contributed by atoms with E-state index in [4.69, 9.17) is 23.2 Å². The van der Waals surface area contributed by atoms with Gasteiger partial charge in [0, 0.05) is 18.7 Å². The second-order valence-corrected chi connectivity index (χ2v) is 5.44. The van der Waals surface area contributed by atoms with Gasteiger partial charge in [-0.05, 0) is 20.2 Å². The minimum Gasteiger partial charge on any atom is -0.317 e. The SMILES string of the molecule is CN(C)CCN1C(=O)c2c(ccc(Cl)c2Cl)C1C#N. The summed E-state index contributed by atoms with van der Waals surface area (Å²) in [5, 5.41) is 9.86. The van der Waals surface area contributed by atoms with Gasteiger partial charge in [0.05, 0.1) is 21.7 Å². The van der Waals surface area contributed by atoms with Gasteiger partial charge in [0.15, 0.2) is 0 Å². The number of benzene rings is 1. The Morgan fingerprint density at radius 1 is 1.42 bits per heavy atom. The molecule has 1 aliphatic rings. The molecule has 1 aromatic rings. The number of nitrogens with zero attached hydrogens (tertiary/aromatic N) is 3. The Bertz CT molecular complexity index is 566. The van der Waals surface area contributed by atoms with Gasteiger partial charge in [-0.25, -0.2) is 0 Å². The Labute approximate surface area is 122 Å². The highest BCUT2D eigenvalue weighted by atomic mass is 35.5. The van der Waals surface area contributed by atoms with Crippen LogP contribution in [-0.4, -0.2) is 42.9 Å². The van der Waals surface area contributed by atoms with Gasteiger partial charge in [-0.3, -0.25) is 4.79 Å². The van der Waals surface area contributed by atoms with Crippen LogP contribution in [0.1, 0.15) is 22.0 Å². The number of nitriles is 1. The molecule has 1 atom stereocenters. The van der Waals surface area contributed by atoms with Crippen molar-refractivity contribution in [3.05, 3.63) is 33.3 Å². The summed E-state index contributed by atoms with van der Waals surface area (Å²) in [5.74, 6) is -0.226. The van der Waals surface area contributed by atoms with Crippen molar-refractivity contribution in [3.8, 4) is 6.07 Å². The zero-order chi connectivity index (χ0) is 14.2. The first-order valence-electron chi connectivity index (χ1n) is 5.80. The fourth-order valence-electron chi connectivity index (χ4n) is 2.12. The normalized spacial score (nSPS) is 17.8. The lowest BCUT2D eigenvalue weighted by molar-refractivity contribution is 0.0746. The molecule has 100 valence electrons. The molecule has 0 saturated heterocycles. The van der Waals surface area contributed by atoms with Gasteiger partial charge in [0.1, 0.15) is 6.04 Å². The summed E-state index contributed by atoms with van der Waals surface area (Å²) in [5.41, 5.74) is 1.00. The number of halogens is 2. The maximum Gasteiger partial charge on any atom is 0.257 e. The fourth-order valence-corrected chi connectivity index (χ4v) is 2.53. The third-order valence-electron chi connectivity index (χ3n) is 3.12. The minimum atomic E-state index is -0.586. The Hall–Kier alpha value is -1.28. The molecule has 4 nitrogen and oxygen atoms in total. The Kier molecular flexibility index (Phi) is 4.00. The Morgan fingerprint density at radius 2 is 2.11 bits per heavy atom. The summed E-state index contributed by atoms with van der Waals surface area (Å²) in [4.78, 5) is 15.9. The topological polar surface area (TPSA) is 47.3 Å². The van der Waals surface area contributed by atoms with Crippen LogP contribution < -0.4 is 0 Å². The van der Waals surface area contributed by atoms with Gasteiger partial charge < -0.3 is 9.80 Å². The number of amides is 1. The van der Waals surface area contributed by atoms with E-state index in [2.05, 4.69) is 6.07 Å². The summed E-state index contributed by atoms with van der Waals surface area (Å²) in [6.45, 7) is 1.16. The van der Waals surface area contributed by atoms with Crippen molar-refractivity contribution in [1.29, 1.82) is 5.26 Å². The lowest BCUT2D eigenvalue weighted by Crippen LogP contribution is -2.34. The lowest BCUT2D eigenvalue weighted by Gasteiger charge is -2.22. The second kappa shape index (κ2) is 5.38. The third-order valence-corrected chi connectivity index (χ3v) is 3.92. The third kappa shape index (κ3) is 2.42. The van der Waals surface area contributed by atoms with Gasteiger partial charge in [-0.15, -0.1) is 0 Å². The largest absolute Gasteiger partial charge is 0.317 e. The van der Waals surface area contributed by atoms with Gasteiger partial charge in [-0.2, -0.15) is 5.26 Å². The first-order chi connectivity index (χ1) is 8.97. The van der Waals surface area contributed by atoms with E-state index in [1.807, 2.05) is 19.0 Å². The molecule has 1 aromatic carbocycles. The molecule has 1 aliphatic heterocycles. The van der Waals surface area contributed by atoms with Crippen LogP contribution in [0.15, 0.2) is 12.1 Å². The molecule has 1 amide bonds. The van der Waals surface area contributed by atoms with Crippen molar-refractivity contribution < 1.29 is 4.79 Å². The quantitative estimate of drug-likeness (QED) is 0.861. The smallest absolute Gasteiger partial charge is 0.257 e. The van der Waals surface area contributed by atoms with Crippen molar-refractivity contribution in [2.24, 2.45) is 0 Å². The van der Waals surface area contributed by atoms with E-state index in [1.54, 1.807) is 12.1 Å². The molecular formula is C13H13Cl2N3O. The highest BCUT2D eigenvalue weighted by Gasteiger charge is 2.38. The average Bonchev–Trinajstić information content (AvgIpc) is 2.64. The number of rotatable bonds is 3. The summed E-state index contributed by atoms with van der Waals surface area (Å²) < 4.78 is 0. The molecule has 0 spiro atoms. The second-order valence-electron chi connectivity index (χ2n) is 4.66. The Morgan fingerprint density at radius 3 is 2.68 bits per heavy atom. The molecule has 0 bridgehead atoms. The predicted octanol–water partition coefficient (Wildman–Crippen LogP) is 2.58. The summed E-state index contributed by atoms with van der Waals surface area (Å²) >= 11 is 12.0. The van der Waals surface area contributed by atoms with Gasteiger partial charge in [0.25, 0.3) is 5.91 Å². The van der Waals surface area contributed by atoms with Crippen LogP contribution in [-0.2, 0) is 0 Å². The standard InChI is InChI=1S/C13H13Cl2N3O/c1-17(2)5-6-18-10(7-16)8-3-4-9(14)12(15)11(8)13(18)19/h3-4,10H,5-6H2,1-2H3. The molecule has 0 radical (unpaired) electrons. The molecular weight excluding hydrogens is 285 g/mol. The Balaban J connectivity index is 2.40. The molecule has 1 heterocycles. The first kappa shape index (κ1) is 14.1. The van der Waals surface area contributed by atoms with E-state index in [-0.39, 0.29) is 10.9 Å². The fraction of sp³-hybridized carbons (Fsp3) is 0.385. The molecule has 1 unspecified atom stereocenters. The zero-order valence-corrected chi connectivity index (χ0v) is 12.2. The monoisotopic (exact) mass is 297 g/mol. The molecule has 0 saturated carbocycles. The van der Waals surface area contributed by atoms with Crippen LogP contribution in [0.5, 0.6) is 0 Å². The highest BCUT2D eigenvalue weighted by Crippen LogP contribution is 2.39. The number of likely N-dealkylation sites (N-methyl/N-ethyl adjacent to an activating group) is 1. The van der Waals surface area contributed by atoms with E-state index in [1.165, 1.54) is 4.90 Å². The van der Waals surface area contributed by atoms with Crippen LogP contribution in [0.3, 0.4) is 0 Å². The van der Waals surface area contributed by atoms with Crippen LogP contribution >= 0.6 is 23.2 Å². The summed E-state index contributed by atoms with van der Waals surface area (Å²) in [7, 11) is 3.83. The van der Waals surface area contributed by atoms with Gasteiger partial charge >= 0.3 is 0 Å². The van der Waals surface area contributed by atoms with Crippen molar-refractivity contribution in [2.75, 3.05) is 27.2 Å². The number of carbonyl (C=O) groups is 1. The van der Waals surface area contributed by atoms with Crippen LogP contribution in [0.4, 0.5) is 0 Å². The summed E-state index contributed by atoms with van der Waals surface area (Å²) in [6, 6.07) is 4.89. The molecule has 6 heteroatoms. The zero-order valence-electron chi connectivity index (χ0n) is 10.7. The van der Waals surface area contributed by atoms with Crippen LogP contribution in [0.2, 0.25) is 10.0 Å².